The number of aromatic nitrogens is 2. The molecule has 0 aliphatic rings. The number of carbonyl (C=O) groups is 2. The van der Waals surface area contributed by atoms with Crippen LogP contribution in [0.3, 0.4) is 0 Å². The van der Waals surface area contributed by atoms with E-state index in [1.807, 2.05) is 0 Å². The smallest absolute Gasteiger partial charge is 0.228 e. The van der Waals surface area contributed by atoms with Crippen LogP contribution in [0, 0.1) is 0 Å². The highest BCUT2D eigenvalue weighted by Gasteiger charge is 2.16. The van der Waals surface area contributed by atoms with Gasteiger partial charge in [0.1, 0.15) is 5.75 Å². The Bertz CT molecular complexity index is 661. The first-order valence-electron chi connectivity index (χ1n) is 6.00. The number of rotatable bonds is 4. The summed E-state index contributed by atoms with van der Waals surface area (Å²) < 4.78 is 6.79. The van der Waals surface area contributed by atoms with Gasteiger partial charge in [-0.1, -0.05) is 0 Å². The summed E-state index contributed by atoms with van der Waals surface area (Å²) >= 11 is 0. The second-order valence-corrected chi connectivity index (χ2v) is 4.29. The van der Waals surface area contributed by atoms with E-state index in [2.05, 4.69) is 10.3 Å². The van der Waals surface area contributed by atoms with Crippen LogP contribution in [0.1, 0.15) is 23.1 Å². The van der Waals surface area contributed by atoms with Crippen LogP contribution < -0.4 is 10.1 Å². The van der Waals surface area contributed by atoms with Gasteiger partial charge in [-0.15, -0.1) is 0 Å². The van der Waals surface area contributed by atoms with E-state index in [0.29, 0.717) is 22.8 Å². The molecule has 1 aromatic carbocycles. The molecule has 0 radical (unpaired) electrons. The number of benzene rings is 1. The quantitative estimate of drug-likeness (QED) is 0.859. The molecule has 0 unspecified atom stereocenters. The summed E-state index contributed by atoms with van der Waals surface area (Å²) in [6.45, 7) is 1.40. The molecular formula is C14H15N3O3. The number of carbonyl (C=O) groups excluding carboxylic acids is 2. The number of ether oxygens (including phenoxy) is 1. The predicted octanol–water partition coefficient (Wildman–Crippen LogP) is 1.62. The van der Waals surface area contributed by atoms with Crippen molar-refractivity contribution in [2.45, 2.75) is 6.92 Å². The number of hydrogen-bond acceptors (Lipinski definition) is 4. The summed E-state index contributed by atoms with van der Waals surface area (Å²) in [6, 6.07) is 4.86. The number of amides is 1. The van der Waals surface area contributed by atoms with Gasteiger partial charge in [-0.05, 0) is 18.2 Å². The molecule has 0 saturated heterocycles. The zero-order chi connectivity index (χ0) is 14.7. The number of anilines is 1. The van der Waals surface area contributed by atoms with E-state index < -0.39 is 0 Å². The zero-order valence-electron chi connectivity index (χ0n) is 11.5. The number of methoxy groups -OCH3 is 1. The van der Waals surface area contributed by atoms with E-state index in [0.717, 1.165) is 0 Å². The van der Waals surface area contributed by atoms with E-state index in [1.54, 1.807) is 42.2 Å². The fraction of sp³-hybridized carbons (Fsp3) is 0.214. The van der Waals surface area contributed by atoms with E-state index in [9.17, 15) is 9.59 Å². The summed E-state index contributed by atoms with van der Waals surface area (Å²) in [6.07, 6.45) is 3.26. The highest BCUT2D eigenvalue weighted by molar-refractivity contribution is 6.08. The van der Waals surface area contributed by atoms with E-state index in [-0.39, 0.29) is 11.7 Å². The normalized spacial score (nSPS) is 10.2. The molecule has 0 saturated carbocycles. The monoisotopic (exact) mass is 273 g/mol. The van der Waals surface area contributed by atoms with Gasteiger partial charge >= 0.3 is 0 Å². The maximum atomic E-state index is 12.3. The Morgan fingerprint density at radius 2 is 2.10 bits per heavy atom. The Morgan fingerprint density at radius 3 is 2.65 bits per heavy atom. The second-order valence-electron chi connectivity index (χ2n) is 4.29. The fourth-order valence-corrected chi connectivity index (χ4v) is 1.85. The van der Waals surface area contributed by atoms with Gasteiger partial charge in [0.2, 0.25) is 11.7 Å². The average molecular weight is 273 g/mol. The Labute approximate surface area is 116 Å². The molecule has 2 rings (SSSR count). The molecular weight excluding hydrogens is 258 g/mol. The summed E-state index contributed by atoms with van der Waals surface area (Å²) in [5, 5.41) is 2.64. The van der Waals surface area contributed by atoms with Crippen LogP contribution in [0.15, 0.2) is 30.6 Å². The number of aryl methyl sites for hydroxylation is 1. The van der Waals surface area contributed by atoms with Crippen LogP contribution in [0.5, 0.6) is 5.75 Å². The molecule has 0 bridgehead atoms. The van der Waals surface area contributed by atoms with Crippen LogP contribution in [0.2, 0.25) is 0 Å². The van der Waals surface area contributed by atoms with Crippen molar-refractivity contribution < 1.29 is 14.3 Å². The lowest BCUT2D eigenvalue weighted by Gasteiger charge is -2.10. The summed E-state index contributed by atoms with van der Waals surface area (Å²) in [5.41, 5.74) is 0.893. The van der Waals surface area contributed by atoms with Crippen LogP contribution in [0.25, 0.3) is 0 Å². The molecule has 6 nitrogen and oxygen atoms in total. The van der Waals surface area contributed by atoms with Crippen molar-refractivity contribution in [2.75, 3.05) is 12.4 Å². The molecule has 20 heavy (non-hydrogen) atoms. The van der Waals surface area contributed by atoms with Crippen LogP contribution in [0.4, 0.5) is 5.69 Å². The van der Waals surface area contributed by atoms with Gasteiger partial charge in [-0.3, -0.25) is 9.59 Å². The number of nitrogens with one attached hydrogen (secondary N) is 1. The predicted molar refractivity (Wildman–Crippen MR) is 73.9 cm³/mol. The maximum absolute atomic E-state index is 12.3. The lowest BCUT2D eigenvalue weighted by atomic mass is 10.1. The topological polar surface area (TPSA) is 73.2 Å². The van der Waals surface area contributed by atoms with Crippen molar-refractivity contribution in [3.8, 4) is 5.75 Å². The third kappa shape index (κ3) is 2.69. The van der Waals surface area contributed by atoms with Gasteiger partial charge in [0.25, 0.3) is 0 Å². The first-order chi connectivity index (χ1) is 9.52. The first-order valence-corrected chi connectivity index (χ1v) is 6.00. The third-order valence-corrected chi connectivity index (χ3v) is 2.80. The third-order valence-electron chi connectivity index (χ3n) is 2.80. The molecule has 1 heterocycles. The van der Waals surface area contributed by atoms with Crippen LogP contribution in [-0.2, 0) is 11.8 Å². The van der Waals surface area contributed by atoms with Crippen LogP contribution in [-0.4, -0.2) is 28.4 Å². The minimum absolute atomic E-state index is 0.216. The Morgan fingerprint density at radius 1 is 1.35 bits per heavy atom. The molecule has 1 amide bonds. The van der Waals surface area contributed by atoms with Gasteiger partial charge < -0.3 is 14.6 Å². The Kier molecular flexibility index (Phi) is 3.84. The summed E-state index contributed by atoms with van der Waals surface area (Å²) in [7, 11) is 3.25. The number of hydrogen-bond donors (Lipinski definition) is 1. The summed E-state index contributed by atoms with van der Waals surface area (Å²) in [4.78, 5) is 27.5. The zero-order valence-corrected chi connectivity index (χ0v) is 11.5. The van der Waals surface area contributed by atoms with Gasteiger partial charge in [0.15, 0.2) is 5.82 Å². The van der Waals surface area contributed by atoms with E-state index >= 15 is 0 Å². The number of ketones is 1. The molecule has 104 valence electrons. The number of imidazole rings is 1. The van der Waals surface area contributed by atoms with E-state index in [4.69, 9.17) is 4.74 Å². The molecule has 0 aliphatic heterocycles. The van der Waals surface area contributed by atoms with Gasteiger partial charge in [-0.25, -0.2) is 4.98 Å². The highest BCUT2D eigenvalue weighted by Crippen LogP contribution is 2.26. The minimum atomic E-state index is -0.232. The molecule has 1 N–H and O–H groups in total. The molecule has 1 aromatic heterocycles. The second kappa shape index (κ2) is 5.56. The fourth-order valence-electron chi connectivity index (χ4n) is 1.85. The van der Waals surface area contributed by atoms with Crippen molar-refractivity contribution in [3.05, 3.63) is 42.0 Å². The highest BCUT2D eigenvalue weighted by atomic mass is 16.5. The SMILES string of the molecule is COc1ccc(C(=O)c2nccn2C)cc1NC(C)=O. The molecule has 0 fully saturated rings. The van der Waals surface area contributed by atoms with Gasteiger partial charge in [-0.2, -0.15) is 0 Å². The molecule has 2 aromatic rings. The standard InChI is InChI=1S/C14H15N3O3/c1-9(18)16-11-8-10(4-5-12(11)20-3)13(19)14-15-6-7-17(14)2/h4-8H,1-3H3,(H,16,18). The van der Waals surface area contributed by atoms with Gasteiger partial charge in [0, 0.05) is 31.9 Å². The lowest BCUT2D eigenvalue weighted by Crippen LogP contribution is -2.11. The van der Waals surface area contributed by atoms with Crippen molar-refractivity contribution in [3.63, 3.8) is 0 Å². The lowest BCUT2D eigenvalue weighted by molar-refractivity contribution is -0.114. The van der Waals surface area contributed by atoms with Crippen molar-refractivity contribution in [1.29, 1.82) is 0 Å². The van der Waals surface area contributed by atoms with Crippen molar-refractivity contribution in [2.24, 2.45) is 7.05 Å². The molecule has 0 atom stereocenters. The van der Waals surface area contributed by atoms with E-state index in [1.165, 1.54) is 14.0 Å². The van der Waals surface area contributed by atoms with Crippen LogP contribution >= 0.6 is 0 Å². The average Bonchev–Trinajstić information content (AvgIpc) is 2.83. The van der Waals surface area contributed by atoms with Crippen molar-refractivity contribution >= 4 is 17.4 Å². The summed E-state index contributed by atoms with van der Waals surface area (Å²) in [5.74, 6) is 0.386. The Hall–Kier alpha value is -2.63. The van der Waals surface area contributed by atoms with Crippen molar-refractivity contribution in [1.82, 2.24) is 9.55 Å². The first kappa shape index (κ1) is 13.8. The largest absolute Gasteiger partial charge is 0.495 e. The number of nitrogens with zero attached hydrogens (tertiary/aromatic N) is 2. The Balaban J connectivity index is 2.40. The van der Waals surface area contributed by atoms with Gasteiger partial charge in [0.05, 0.1) is 12.8 Å². The minimum Gasteiger partial charge on any atom is -0.495 e. The maximum Gasteiger partial charge on any atom is 0.228 e. The molecule has 0 spiro atoms. The molecule has 6 heteroatoms. The molecule has 0 aliphatic carbocycles.